The molecule has 3 N–H and O–H groups in total. The molecule has 0 fully saturated rings. The highest BCUT2D eigenvalue weighted by atomic mass is 16.5. The zero-order valence-corrected chi connectivity index (χ0v) is 14.6. The number of ketones is 1. The van der Waals surface area contributed by atoms with E-state index in [0.29, 0.717) is 28.2 Å². The van der Waals surface area contributed by atoms with Crippen LogP contribution in [-0.4, -0.2) is 34.8 Å². The highest BCUT2D eigenvalue weighted by Crippen LogP contribution is 2.27. The average molecular weight is 367 g/mol. The Morgan fingerprint density at radius 1 is 1.11 bits per heavy atom. The number of imidazole rings is 1. The fraction of sp³-hybridized carbons (Fsp3) is 0.167. The van der Waals surface area contributed by atoms with E-state index >= 15 is 0 Å². The van der Waals surface area contributed by atoms with Gasteiger partial charge in [0, 0.05) is 5.69 Å². The minimum atomic E-state index is -1.31. The molecule has 0 unspecified atom stereocenters. The quantitative estimate of drug-likeness (QED) is 0.457. The van der Waals surface area contributed by atoms with Gasteiger partial charge in [-0.05, 0) is 37.3 Å². The smallest absolute Gasteiger partial charge is 0.323 e. The second-order valence-corrected chi connectivity index (χ2v) is 5.73. The maximum absolute atomic E-state index is 12.5. The number of amides is 1. The number of azo groups is 1. The Labute approximate surface area is 153 Å². The molecule has 1 atom stereocenters. The summed E-state index contributed by atoms with van der Waals surface area (Å²) in [6.45, 7) is 1.26. The number of ether oxygens (including phenoxy) is 1. The van der Waals surface area contributed by atoms with E-state index in [1.54, 1.807) is 42.5 Å². The Kier molecular flexibility index (Phi) is 5.11. The van der Waals surface area contributed by atoms with Gasteiger partial charge in [-0.3, -0.25) is 9.59 Å². The van der Waals surface area contributed by atoms with Gasteiger partial charge in [-0.25, -0.2) is 4.79 Å². The molecule has 2 aromatic carbocycles. The highest BCUT2D eigenvalue weighted by Gasteiger charge is 2.23. The van der Waals surface area contributed by atoms with Crippen molar-refractivity contribution in [3.8, 4) is 5.75 Å². The monoisotopic (exact) mass is 367 g/mol. The van der Waals surface area contributed by atoms with Crippen molar-refractivity contribution in [2.75, 3.05) is 12.4 Å². The van der Waals surface area contributed by atoms with E-state index in [0.717, 1.165) is 0 Å². The predicted molar refractivity (Wildman–Crippen MR) is 99.5 cm³/mol. The number of nitrogens with one attached hydrogen (secondary N) is 3. The van der Waals surface area contributed by atoms with E-state index in [4.69, 9.17) is 4.74 Å². The Hall–Kier alpha value is -3.75. The lowest BCUT2D eigenvalue weighted by atomic mass is 10.2. The van der Waals surface area contributed by atoms with Gasteiger partial charge < -0.3 is 20.0 Å². The van der Waals surface area contributed by atoms with Crippen LogP contribution in [-0.2, 0) is 9.59 Å². The first-order chi connectivity index (χ1) is 13.0. The molecule has 0 bridgehead atoms. The Bertz CT molecular complexity index is 1080. The molecule has 138 valence electrons. The van der Waals surface area contributed by atoms with Crippen LogP contribution in [0.2, 0.25) is 0 Å². The fourth-order valence-electron chi connectivity index (χ4n) is 2.47. The van der Waals surface area contributed by atoms with Crippen LogP contribution in [0.25, 0.3) is 11.0 Å². The first-order valence-electron chi connectivity index (χ1n) is 8.05. The van der Waals surface area contributed by atoms with Gasteiger partial charge in [-0.15, -0.1) is 0 Å². The largest absolute Gasteiger partial charge is 0.494 e. The summed E-state index contributed by atoms with van der Waals surface area (Å²) < 4.78 is 5.17. The summed E-state index contributed by atoms with van der Waals surface area (Å²) in [6.07, 6.45) is 0. The van der Waals surface area contributed by atoms with Gasteiger partial charge in [0.15, 0.2) is 5.78 Å². The Balaban J connectivity index is 1.81. The number of methoxy groups -OCH3 is 1. The molecule has 1 aromatic heterocycles. The number of nitrogens with zero attached hydrogens (tertiary/aromatic N) is 2. The molecule has 1 amide bonds. The van der Waals surface area contributed by atoms with Crippen LogP contribution >= 0.6 is 0 Å². The zero-order chi connectivity index (χ0) is 19.4. The van der Waals surface area contributed by atoms with Gasteiger partial charge >= 0.3 is 5.69 Å². The first-order valence-corrected chi connectivity index (χ1v) is 8.05. The molecule has 0 spiro atoms. The molecule has 3 rings (SSSR count). The standard InChI is InChI=1S/C18H17N5O4/c1-10(24)16(23-22-13-5-3-4-6-15(13)27-2)17(25)19-11-7-8-12-14(9-11)21-18(26)20-12/h3-9,16H,1-2H3,(H,19,25)(H2,20,21,26)/t16-/m0/s1. The number of carbonyl (C=O) groups excluding carboxylic acids is 2. The third kappa shape index (κ3) is 4.09. The number of benzene rings is 2. The molecular weight excluding hydrogens is 350 g/mol. The summed E-state index contributed by atoms with van der Waals surface area (Å²) in [5.41, 5.74) is 1.62. The number of hydrogen-bond acceptors (Lipinski definition) is 6. The number of anilines is 1. The van der Waals surface area contributed by atoms with E-state index in [2.05, 4.69) is 25.5 Å². The van der Waals surface area contributed by atoms with Gasteiger partial charge in [0.2, 0.25) is 6.04 Å². The lowest BCUT2D eigenvalue weighted by molar-refractivity contribution is -0.126. The normalized spacial score (nSPS) is 12.2. The number of aromatic nitrogens is 2. The molecule has 9 heteroatoms. The molecule has 3 aromatic rings. The maximum atomic E-state index is 12.5. The van der Waals surface area contributed by atoms with Crippen molar-refractivity contribution < 1.29 is 14.3 Å². The van der Waals surface area contributed by atoms with Crippen molar-refractivity contribution in [3.63, 3.8) is 0 Å². The van der Waals surface area contributed by atoms with Crippen molar-refractivity contribution in [2.45, 2.75) is 13.0 Å². The number of H-pyrrole nitrogens is 2. The molecule has 0 aliphatic carbocycles. The number of aromatic amines is 2. The van der Waals surface area contributed by atoms with E-state index < -0.39 is 17.7 Å². The number of carbonyl (C=O) groups is 2. The summed E-state index contributed by atoms with van der Waals surface area (Å²) >= 11 is 0. The lowest BCUT2D eigenvalue weighted by Crippen LogP contribution is -2.31. The summed E-state index contributed by atoms with van der Waals surface area (Å²) in [5.74, 6) is -0.605. The SMILES string of the molecule is COc1ccccc1N=N[C@@H](C(C)=O)C(=O)Nc1ccc2[nH]c(=O)[nH]c2c1. The molecule has 0 aliphatic heterocycles. The van der Waals surface area contributed by atoms with Crippen molar-refractivity contribution in [2.24, 2.45) is 10.2 Å². The highest BCUT2D eigenvalue weighted by molar-refractivity contribution is 6.10. The summed E-state index contributed by atoms with van der Waals surface area (Å²) in [4.78, 5) is 40.9. The van der Waals surface area contributed by atoms with E-state index in [-0.39, 0.29) is 5.69 Å². The molecule has 9 nitrogen and oxygen atoms in total. The van der Waals surface area contributed by atoms with Crippen LogP contribution < -0.4 is 15.7 Å². The number of hydrogen-bond donors (Lipinski definition) is 3. The maximum Gasteiger partial charge on any atom is 0.323 e. The Morgan fingerprint density at radius 3 is 2.59 bits per heavy atom. The van der Waals surface area contributed by atoms with Gasteiger partial charge in [0.1, 0.15) is 11.4 Å². The molecule has 1 heterocycles. The van der Waals surface area contributed by atoms with Gasteiger partial charge in [0.05, 0.1) is 18.1 Å². The van der Waals surface area contributed by atoms with Crippen LogP contribution in [0.4, 0.5) is 11.4 Å². The number of para-hydroxylation sites is 1. The molecule has 0 saturated carbocycles. The van der Waals surface area contributed by atoms with Gasteiger partial charge in [-0.1, -0.05) is 12.1 Å². The van der Waals surface area contributed by atoms with Crippen molar-refractivity contribution >= 4 is 34.1 Å². The summed E-state index contributed by atoms with van der Waals surface area (Å²) in [5, 5.41) is 10.5. The molecule has 27 heavy (non-hydrogen) atoms. The molecule has 0 radical (unpaired) electrons. The van der Waals surface area contributed by atoms with Crippen LogP contribution in [0.5, 0.6) is 5.75 Å². The third-order valence-electron chi connectivity index (χ3n) is 3.78. The minimum absolute atomic E-state index is 0.347. The van der Waals surface area contributed by atoms with Crippen molar-refractivity contribution in [3.05, 3.63) is 52.9 Å². The second kappa shape index (κ2) is 7.65. The lowest BCUT2D eigenvalue weighted by Gasteiger charge is -2.10. The van der Waals surface area contributed by atoms with E-state index in [1.165, 1.54) is 14.0 Å². The van der Waals surface area contributed by atoms with Crippen LogP contribution in [0.15, 0.2) is 57.5 Å². The first kappa shape index (κ1) is 18.1. The molecule has 0 saturated heterocycles. The molecule has 0 aliphatic rings. The third-order valence-corrected chi connectivity index (χ3v) is 3.78. The van der Waals surface area contributed by atoms with Gasteiger partial charge in [0.25, 0.3) is 5.91 Å². The summed E-state index contributed by atoms with van der Waals surface area (Å²) in [6, 6.07) is 10.4. The number of rotatable bonds is 6. The second-order valence-electron chi connectivity index (χ2n) is 5.73. The summed E-state index contributed by atoms with van der Waals surface area (Å²) in [7, 11) is 1.49. The predicted octanol–water partition coefficient (Wildman–Crippen LogP) is 2.54. The van der Waals surface area contributed by atoms with Crippen LogP contribution in [0, 0.1) is 0 Å². The van der Waals surface area contributed by atoms with Crippen LogP contribution in [0.1, 0.15) is 6.92 Å². The van der Waals surface area contributed by atoms with Crippen LogP contribution in [0.3, 0.4) is 0 Å². The number of Topliss-reactive ketones (excluding diaryl/α,β-unsaturated/α-hetero) is 1. The van der Waals surface area contributed by atoms with E-state index in [9.17, 15) is 14.4 Å². The van der Waals surface area contributed by atoms with Crippen molar-refractivity contribution in [1.29, 1.82) is 0 Å². The molecular formula is C18H17N5O4. The minimum Gasteiger partial charge on any atom is -0.494 e. The fourth-order valence-corrected chi connectivity index (χ4v) is 2.47. The van der Waals surface area contributed by atoms with E-state index in [1.807, 2.05) is 0 Å². The average Bonchev–Trinajstić information content (AvgIpc) is 3.01. The Morgan fingerprint density at radius 2 is 1.85 bits per heavy atom. The van der Waals surface area contributed by atoms with Gasteiger partial charge in [-0.2, -0.15) is 10.2 Å². The van der Waals surface area contributed by atoms with Crippen molar-refractivity contribution in [1.82, 2.24) is 9.97 Å². The topological polar surface area (TPSA) is 129 Å². The zero-order valence-electron chi connectivity index (χ0n) is 14.6. The number of fused-ring (bicyclic) bond motifs is 1.